The first-order chi connectivity index (χ1) is 14.1. The summed E-state index contributed by atoms with van der Waals surface area (Å²) in [6, 6.07) is 7.40. The number of nitrogens with zero attached hydrogens (tertiary/aromatic N) is 4. The van der Waals surface area contributed by atoms with Crippen LogP contribution in [0.3, 0.4) is 0 Å². The predicted molar refractivity (Wildman–Crippen MR) is 111 cm³/mol. The molecule has 3 heterocycles. The van der Waals surface area contributed by atoms with E-state index in [-0.39, 0.29) is 17.7 Å². The van der Waals surface area contributed by atoms with E-state index in [4.69, 9.17) is 0 Å². The third kappa shape index (κ3) is 4.61. The minimum Gasteiger partial charge on any atom is -0.342 e. The van der Waals surface area contributed by atoms with Crippen LogP contribution < -0.4 is 4.90 Å². The number of anilines is 1. The number of hydrogen-bond acceptors (Lipinski definition) is 4. The number of amides is 3. The maximum Gasteiger partial charge on any atom is 0.253 e. The van der Waals surface area contributed by atoms with Crippen LogP contribution in [0.15, 0.2) is 24.3 Å². The van der Waals surface area contributed by atoms with Gasteiger partial charge in [0.1, 0.15) is 0 Å². The third-order valence-electron chi connectivity index (χ3n) is 6.23. The Morgan fingerprint density at radius 3 is 2.07 bits per heavy atom. The molecule has 0 unspecified atom stereocenters. The minimum atomic E-state index is 0.0204. The lowest BCUT2D eigenvalue weighted by Gasteiger charge is -2.35. The second-order valence-corrected chi connectivity index (χ2v) is 8.21. The Kier molecular flexibility index (Phi) is 6.13. The summed E-state index contributed by atoms with van der Waals surface area (Å²) in [5.41, 5.74) is 1.52. The fourth-order valence-electron chi connectivity index (χ4n) is 4.41. The fraction of sp³-hybridized carbons (Fsp3) is 0.591. The third-order valence-corrected chi connectivity index (χ3v) is 6.23. The van der Waals surface area contributed by atoms with E-state index < -0.39 is 0 Å². The van der Waals surface area contributed by atoms with Gasteiger partial charge in [-0.15, -0.1) is 0 Å². The van der Waals surface area contributed by atoms with E-state index in [0.29, 0.717) is 31.6 Å². The second-order valence-electron chi connectivity index (χ2n) is 8.21. The number of hydrogen-bond donors (Lipinski definition) is 0. The van der Waals surface area contributed by atoms with Crippen LogP contribution in [-0.4, -0.2) is 84.8 Å². The molecule has 0 aliphatic carbocycles. The zero-order valence-electron chi connectivity index (χ0n) is 17.0. The van der Waals surface area contributed by atoms with Gasteiger partial charge in [-0.25, -0.2) is 0 Å². The van der Waals surface area contributed by atoms with Gasteiger partial charge in [0, 0.05) is 63.5 Å². The first-order valence-corrected chi connectivity index (χ1v) is 10.8. The Balaban J connectivity index is 1.29. The van der Waals surface area contributed by atoms with Crippen LogP contribution in [-0.2, 0) is 9.59 Å². The first-order valence-electron chi connectivity index (χ1n) is 10.8. The number of piperazine rings is 1. The standard InChI is InChI=1S/C22H30N4O3/c27-20-5-1-2-12-26(20)19-8-6-18(7-9-19)22(29)25-15-13-23(14-16-25)17-21(28)24-10-3-4-11-24/h6-9H,1-5,10-17H2. The topological polar surface area (TPSA) is 64.2 Å². The van der Waals surface area contributed by atoms with Crippen molar-refractivity contribution < 1.29 is 14.4 Å². The lowest BCUT2D eigenvalue weighted by atomic mass is 10.1. The summed E-state index contributed by atoms with van der Waals surface area (Å²) in [7, 11) is 0. The molecule has 0 N–H and O–H groups in total. The van der Waals surface area contributed by atoms with Gasteiger partial charge in [-0.1, -0.05) is 0 Å². The van der Waals surface area contributed by atoms with Crippen molar-refractivity contribution in [2.75, 3.05) is 57.3 Å². The van der Waals surface area contributed by atoms with Gasteiger partial charge in [0.15, 0.2) is 0 Å². The van der Waals surface area contributed by atoms with Crippen LogP contribution in [0.1, 0.15) is 42.5 Å². The number of likely N-dealkylation sites (tertiary alicyclic amines) is 1. The van der Waals surface area contributed by atoms with Crippen molar-refractivity contribution in [1.82, 2.24) is 14.7 Å². The van der Waals surface area contributed by atoms with Crippen LogP contribution in [0.25, 0.3) is 0 Å². The lowest BCUT2D eigenvalue weighted by Crippen LogP contribution is -2.51. The van der Waals surface area contributed by atoms with Gasteiger partial charge in [0.2, 0.25) is 11.8 Å². The van der Waals surface area contributed by atoms with E-state index in [1.54, 1.807) is 0 Å². The maximum absolute atomic E-state index is 12.8. The summed E-state index contributed by atoms with van der Waals surface area (Å²) in [5, 5.41) is 0. The van der Waals surface area contributed by atoms with Crippen LogP contribution in [0.4, 0.5) is 5.69 Å². The normalized spacial score (nSPS) is 21.0. The molecule has 1 aromatic carbocycles. The predicted octanol–water partition coefficient (Wildman–Crippen LogP) is 1.58. The lowest BCUT2D eigenvalue weighted by molar-refractivity contribution is -0.131. The van der Waals surface area contributed by atoms with Crippen LogP contribution in [0.2, 0.25) is 0 Å². The molecule has 29 heavy (non-hydrogen) atoms. The van der Waals surface area contributed by atoms with Crippen molar-refractivity contribution >= 4 is 23.4 Å². The second kappa shape index (κ2) is 8.95. The molecule has 0 radical (unpaired) electrons. The van der Waals surface area contributed by atoms with Crippen LogP contribution in [0.5, 0.6) is 0 Å². The number of rotatable bonds is 4. The highest BCUT2D eigenvalue weighted by Gasteiger charge is 2.26. The molecule has 156 valence electrons. The molecule has 0 spiro atoms. The zero-order valence-corrected chi connectivity index (χ0v) is 17.0. The van der Waals surface area contributed by atoms with E-state index >= 15 is 0 Å². The number of piperidine rings is 1. The molecule has 3 aliphatic rings. The Labute approximate surface area is 172 Å². The molecule has 3 aliphatic heterocycles. The molecule has 1 aromatic rings. The summed E-state index contributed by atoms with van der Waals surface area (Å²) in [6.45, 7) is 5.71. The summed E-state index contributed by atoms with van der Waals surface area (Å²) in [4.78, 5) is 45.0. The molecule has 3 fully saturated rings. The van der Waals surface area contributed by atoms with Crippen molar-refractivity contribution in [1.29, 1.82) is 0 Å². The Morgan fingerprint density at radius 1 is 0.759 bits per heavy atom. The van der Waals surface area contributed by atoms with Gasteiger partial charge in [0.05, 0.1) is 6.54 Å². The molecule has 7 nitrogen and oxygen atoms in total. The van der Waals surface area contributed by atoms with Gasteiger partial charge in [-0.05, 0) is 49.9 Å². The van der Waals surface area contributed by atoms with Crippen molar-refractivity contribution in [2.24, 2.45) is 0 Å². The van der Waals surface area contributed by atoms with Crippen molar-refractivity contribution in [3.8, 4) is 0 Å². The smallest absolute Gasteiger partial charge is 0.253 e. The molecular weight excluding hydrogens is 368 g/mol. The molecule has 0 bridgehead atoms. The summed E-state index contributed by atoms with van der Waals surface area (Å²) in [5.74, 6) is 0.395. The van der Waals surface area contributed by atoms with E-state index in [0.717, 1.165) is 64.1 Å². The van der Waals surface area contributed by atoms with Crippen molar-refractivity contribution in [3.63, 3.8) is 0 Å². The summed E-state index contributed by atoms with van der Waals surface area (Å²) >= 11 is 0. The molecule has 7 heteroatoms. The summed E-state index contributed by atoms with van der Waals surface area (Å²) < 4.78 is 0. The van der Waals surface area contributed by atoms with Gasteiger partial charge >= 0.3 is 0 Å². The number of carbonyl (C=O) groups excluding carboxylic acids is 3. The average molecular weight is 399 g/mol. The molecule has 3 amide bonds. The highest BCUT2D eigenvalue weighted by Crippen LogP contribution is 2.22. The highest BCUT2D eigenvalue weighted by atomic mass is 16.2. The van der Waals surface area contributed by atoms with Crippen molar-refractivity contribution in [2.45, 2.75) is 32.1 Å². The summed E-state index contributed by atoms with van der Waals surface area (Å²) in [6.07, 6.45) is 4.81. The van der Waals surface area contributed by atoms with E-state index in [2.05, 4.69) is 4.90 Å². The fourth-order valence-corrected chi connectivity index (χ4v) is 4.41. The number of carbonyl (C=O) groups is 3. The molecule has 0 atom stereocenters. The first kappa shape index (κ1) is 19.9. The SMILES string of the molecule is O=C(CN1CCN(C(=O)c2ccc(N3CCCCC3=O)cc2)CC1)N1CCCC1. The molecule has 4 rings (SSSR count). The van der Waals surface area contributed by atoms with E-state index in [1.807, 2.05) is 39.0 Å². The highest BCUT2D eigenvalue weighted by molar-refractivity contribution is 5.97. The monoisotopic (exact) mass is 398 g/mol. The van der Waals surface area contributed by atoms with Gasteiger partial charge in [-0.2, -0.15) is 0 Å². The average Bonchev–Trinajstić information content (AvgIpc) is 3.30. The Bertz CT molecular complexity index is 750. The van der Waals surface area contributed by atoms with Crippen molar-refractivity contribution in [3.05, 3.63) is 29.8 Å². The minimum absolute atomic E-state index is 0.0204. The van der Waals surface area contributed by atoms with Crippen LogP contribution in [0, 0.1) is 0 Å². The number of benzene rings is 1. The quantitative estimate of drug-likeness (QED) is 0.773. The maximum atomic E-state index is 12.8. The largest absolute Gasteiger partial charge is 0.342 e. The van der Waals surface area contributed by atoms with Gasteiger partial charge < -0.3 is 14.7 Å². The van der Waals surface area contributed by atoms with Gasteiger partial charge in [-0.3, -0.25) is 19.3 Å². The molecular formula is C22H30N4O3. The molecule has 0 saturated carbocycles. The zero-order chi connectivity index (χ0) is 20.2. The molecule has 0 aromatic heterocycles. The van der Waals surface area contributed by atoms with E-state index in [1.165, 1.54) is 0 Å². The van der Waals surface area contributed by atoms with Crippen LogP contribution >= 0.6 is 0 Å². The van der Waals surface area contributed by atoms with E-state index in [9.17, 15) is 14.4 Å². The van der Waals surface area contributed by atoms with Gasteiger partial charge in [0.25, 0.3) is 5.91 Å². The Morgan fingerprint density at radius 2 is 1.41 bits per heavy atom. The molecule has 3 saturated heterocycles. The Hall–Kier alpha value is -2.41.